The Morgan fingerprint density at radius 2 is 1.81 bits per heavy atom. The van der Waals surface area contributed by atoms with E-state index in [-0.39, 0.29) is 17.9 Å². The number of para-hydroxylation sites is 1. The summed E-state index contributed by atoms with van der Waals surface area (Å²) in [6, 6.07) is 16.6. The Kier molecular flexibility index (Phi) is 2.74. The van der Waals surface area contributed by atoms with Crippen LogP contribution in [0.3, 0.4) is 0 Å². The van der Waals surface area contributed by atoms with E-state index in [1.54, 1.807) is 7.11 Å². The maximum Gasteiger partial charge on any atom is 0.227 e. The maximum atomic E-state index is 12.4. The molecule has 0 aliphatic carbocycles. The van der Waals surface area contributed by atoms with E-state index >= 15 is 0 Å². The van der Waals surface area contributed by atoms with Gasteiger partial charge in [-0.25, -0.2) is 0 Å². The molecule has 106 valence electrons. The fraction of sp³-hybridized carbons (Fsp3) is 0.278. The molecule has 2 aromatic carbocycles. The van der Waals surface area contributed by atoms with Crippen LogP contribution in [0.25, 0.3) is 0 Å². The van der Waals surface area contributed by atoms with Gasteiger partial charge in [0.1, 0.15) is 5.75 Å². The molecule has 2 aliphatic heterocycles. The van der Waals surface area contributed by atoms with Crippen molar-refractivity contribution >= 4 is 11.6 Å². The molecular weight excluding hydrogens is 262 g/mol. The molecular formula is C18H17NO2. The number of hydrogen-bond acceptors (Lipinski definition) is 2. The predicted octanol–water partition coefficient (Wildman–Crippen LogP) is 3.14. The Morgan fingerprint density at radius 3 is 2.57 bits per heavy atom. The molecule has 3 heteroatoms. The van der Waals surface area contributed by atoms with E-state index in [2.05, 4.69) is 24.3 Å². The molecule has 2 atom stereocenters. The van der Waals surface area contributed by atoms with Gasteiger partial charge in [-0.05, 0) is 35.7 Å². The highest BCUT2D eigenvalue weighted by molar-refractivity contribution is 5.99. The number of anilines is 1. The summed E-state index contributed by atoms with van der Waals surface area (Å²) in [6.45, 7) is 0. The van der Waals surface area contributed by atoms with Crippen molar-refractivity contribution in [2.75, 3.05) is 12.0 Å². The zero-order chi connectivity index (χ0) is 14.4. The van der Waals surface area contributed by atoms with Crippen molar-refractivity contribution in [2.45, 2.75) is 24.8 Å². The highest BCUT2D eigenvalue weighted by Gasteiger charge is 2.45. The summed E-state index contributed by atoms with van der Waals surface area (Å²) < 4.78 is 5.21. The summed E-state index contributed by atoms with van der Waals surface area (Å²) in [6.07, 6.45) is 1.56. The van der Waals surface area contributed by atoms with Gasteiger partial charge in [0.2, 0.25) is 5.91 Å². The number of nitrogens with zero attached hydrogens (tertiary/aromatic N) is 1. The molecule has 2 aromatic rings. The standard InChI is InChI=1S/C18H17NO2/c1-21-14-8-6-12(7-9-14)15-11-18(20)19-16-5-3-2-4-13(16)10-17(15)19/h2-9,15,17H,10-11H2,1H3/t15-,17+/m0/s1. The highest BCUT2D eigenvalue weighted by atomic mass is 16.5. The number of benzene rings is 2. The molecule has 3 nitrogen and oxygen atoms in total. The first kappa shape index (κ1) is 12.5. The summed E-state index contributed by atoms with van der Waals surface area (Å²) >= 11 is 0. The minimum absolute atomic E-state index is 0.241. The normalized spacial score (nSPS) is 23.1. The fourth-order valence-electron chi connectivity index (χ4n) is 3.67. The van der Waals surface area contributed by atoms with Crippen LogP contribution in [-0.4, -0.2) is 19.1 Å². The zero-order valence-electron chi connectivity index (χ0n) is 12.0. The molecule has 0 saturated carbocycles. The van der Waals surface area contributed by atoms with Crippen LogP contribution in [0, 0.1) is 0 Å². The zero-order valence-corrected chi connectivity index (χ0v) is 12.0. The van der Waals surface area contributed by atoms with Crippen molar-refractivity contribution in [3.8, 4) is 5.75 Å². The van der Waals surface area contributed by atoms with Crippen LogP contribution >= 0.6 is 0 Å². The Balaban J connectivity index is 1.69. The fourth-order valence-corrected chi connectivity index (χ4v) is 3.67. The van der Waals surface area contributed by atoms with E-state index in [9.17, 15) is 4.79 Å². The number of rotatable bonds is 2. The number of carbonyl (C=O) groups excluding carboxylic acids is 1. The Labute approximate surface area is 124 Å². The Bertz CT molecular complexity index is 693. The SMILES string of the molecule is COc1ccc([C@@H]2CC(=O)N3c4ccccc4C[C@H]23)cc1. The predicted molar refractivity (Wildman–Crippen MR) is 81.8 cm³/mol. The number of amides is 1. The van der Waals surface area contributed by atoms with Crippen LogP contribution in [0.15, 0.2) is 48.5 Å². The minimum Gasteiger partial charge on any atom is -0.497 e. The van der Waals surface area contributed by atoms with Gasteiger partial charge in [-0.2, -0.15) is 0 Å². The van der Waals surface area contributed by atoms with E-state index < -0.39 is 0 Å². The average Bonchev–Trinajstić information content (AvgIpc) is 3.05. The average molecular weight is 279 g/mol. The van der Waals surface area contributed by atoms with Gasteiger partial charge in [-0.3, -0.25) is 4.79 Å². The van der Waals surface area contributed by atoms with Gasteiger partial charge in [0, 0.05) is 24.1 Å². The highest BCUT2D eigenvalue weighted by Crippen LogP contribution is 2.45. The van der Waals surface area contributed by atoms with Gasteiger partial charge in [-0.1, -0.05) is 30.3 Å². The molecule has 1 amide bonds. The van der Waals surface area contributed by atoms with Crippen LogP contribution in [0.2, 0.25) is 0 Å². The molecule has 1 saturated heterocycles. The molecule has 4 rings (SSSR count). The molecule has 2 heterocycles. The maximum absolute atomic E-state index is 12.4. The number of fused-ring (bicyclic) bond motifs is 3. The largest absolute Gasteiger partial charge is 0.497 e. The smallest absolute Gasteiger partial charge is 0.227 e. The van der Waals surface area contributed by atoms with Gasteiger partial charge < -0.3 is 9.64 Å². The lowest BCUT2D eigenvalue weighted by Crippen LogP contribution is -2.31. The molecule has 0 unspecified atom stereocenters. The van der Waals surface area contributed by atoms with Gasteiger partial charge in [0.05, 0.1) is 7.11 Å². The number of methoxy groups -OCH3 is 1. The number of carbonyl (C=O) groups is 1. The van der Waals surface area contributed by atoms with Crippen molar-refractivity contribution < 1.29 is 9.53 Å². The topological polar surface area (TPSA) is 29.5 Å². The summed E-state index contributed by atoms with van der Waals surface area (Å²) in [5.74, 6) is 1.37. The summed E-state index contributed by atoms with van der Waals surface area (Å²) in [7, 11) is 1.67. The third-order valence-electron chi connectivity index (χ3n) is 4.68. The van der Waals surface area contributed by atoms with E-state index in [1.807, 2.05) is 29.2 Å². The summed E-state index contributed by atoms with van der Waals surface area (Å²) in [5.41, 5.74) is 3.61. The molecule has 0 N–H and O–H groups in total. The molecule has 2 aliphatic rings. The first-order chi connectivity index (χ1) is 10.3. The lowest BCUT2D eigenvalue weighted by atomic mass is 9.89. The second kappa shape index (κ2) is 4.62. The minimum atomic E-state index is 0.241. The number of hydrogen-bond donors (Lipinski definition) is 0. The van der Waals surface area contributed by atoms with Gasteiger partial charge in [-0.15, -0.1) is 0 Å². The van der Waals surface area contributed by atoms with Gasteiger partial charge in [0.25, 0.3) is 0 Å². The van der Waals surface area contributed by atoms with Crippen LogP contribution in [0.4, 0.5) is 5.69 Å². The van der Waals surface area contributed by atoms with Crippen LogP contribution in [-0.2, 0) is 11.2 Å². The van der Waals surface area contributed by atoms with Crippen LogP contribution in [0.5, 0.6) is 5.75 Å². The quantitative estimate of drug-likeness (QED) is 0.845. The van der Waals surface area contributed by atoms with Crippen molar-refractivity contribution in [1.29, 1.82) is 0 Å². The monoisotopic (exact) mass is 279 g/mol. The molecule has 1 fully saturated rings. The van der Waals surface area contributed by atoms with Crippen molar-refractivity contribution in [2.24, 2.45) is 0 Å². The third-order valence-corrected chi connectivity index (χ3v) is 4.68. The third kappa shape index (κ3) is 1.84. The Hall–Kier alpha value is -2.29. The molecule has 21 heavy (non-hydrogen) atoms. The van der Waals surface area contributed by atoms with E-state index in [0.29, 0.717) is 6.42 Å². The van der Waals surface area contributed by atoms with E-state index in [1.165, 1.54) is 11.1 Å². The lowest BCUT2D eigenvalue weighted by Gasteiger charge is -2.21. The van der Waals surface area contributed by atoms with Crippen LogP contribution < -0.4 is 9.64 Å². The second-order valence-corrected chi connectivity index (χ2v) is 5.75. The second-order valence-electron chi connectivity index (χ2n) is 5.75. The lowest BCUT2D eigenvalue weighted by molar-refractivity contribution is -0.117. The van der Waals surface area contributed by atoms with Gasteiger partial charge >= 0.3 is 0 Å². The molecule has 0 aromatic heterocycles. The molecule has 0 bridgehead atoms. The molecule has 0 spiro atoms. The number of ether oxygens (including phenoxy) is 1. The van der Waals surface area contributed by atoms with Crippen molar-refractivity contribution in [3.63, 3.8) is 0 Å². The first-order valence-electron chi connectivity index (χ1n) is 7.32. The van der Waals surface area contributed by atoms with Crippen molar-refractivity contribution in [1.82, 2.24) is 0 Å². The summed E-state index contributed by atoms with van der Waals surface area (Å²) in [4.78, 5) is 14.4. The summed E-state index contributed by atoms with van der Waals surface area (Å²) in [5, 5.41) is 0. The van der Waals surface area contributed by atoms with E-state index in [0.717, 1.165) is 17.9 Å². The first-order valence-corrected chi connectivity index (χ1v) is 7.32. The Morgan fingerprint density at radius 1 is 1.05 bits per heavy atom. The van der Waals surface area contributed by atoms with E-state index in [4.69, 9.17) is 4.74 Å². The van der Waals surface area contributed by atoms with Crippen molar-refractivity contribution in [3.05, 3.63) is 59.7 Å². The molecule has 0 radical (unpaired) electrons. The van der Waals surface area contributed by atoms with Crippen LogP contribution in [0.1, 0.15) is 23.5 Å². The van der Waals surface area contributed by atoms with Gasteiger partial charge in [0.15, 0.2) is 0 Å².